The van der Waals surface area contributed by atoms with Crippen molar-refractivity contribution in [1.82, 2.24) is 9.97 Å². The molecule has 0 bridgehead atoms. The van der Waals surface area contributed by atoms with E-state index in [1.807, 2.05) is 11.0 Å². The zero-order chi connectivity index (χ0) is 17.5. The van der Waals surface area contributed by atoms with E-state index in [-0.39, 0.29) is 17.4 Å². The highest BCUT2D eigenvalue weighted by molar-refractivity contribution is 5.93. The lowest BCUT2D eigenvalue weighted by Crippen LogP contribution is -2.41. The van der Waals surface area contributed by atoms with E-state index >= 15 is 0 Å². The first-order valence-corrected chi connectivity index (χ1v) is 8.98. The highest BCUT2D eigenvalue weighted by Crippen LogP contribution is 2.28. The van der Waals surface area contributed by atoms with Crippen LogP contribution in [0.25, 0.3) is 0 Å². The summed E-state index contributed by atoms with van der Waals surface area (Å²) in [5.74, 6) is 1.74. The van der Waals surface area contributed by atoms with Gasteiger partial charge in [0.2, 0.25) is 5.91 Å². The van der Waals surface area contributed by atoms with Gasteiger partial charge in [0.1, 0.15) is 11.6 Å². The van der Waals surface area contributed by atoms with E-state index < -0.39 is 0 Å². The van der Waals surface area contributed by atoms with Crippen LogP contribution < -0.4 is 4.90 Å². The van der Waals surface area contributed by atoms with Gasteiger partial charge in [0.15, 0.2) is 0 Å². The first-order chi connectivity index (χ1) is 10.8. The Morgan fingerprint density at radius 2 is 1.96 bits per heavy atom. The molecule has 1 rings (SSSR count). The predicted octanol–water partition coefficient (Wildman–Crippen LogP) is 4.78. The molecule has 0 N–H and O–H groups in total. The molecule has 0 saturated carbocycles. The number of rotatable bonds is 9. The summed E-state index contributed by atoms with van der Waals surface area (Å²) in [4.78, 5) is 23.8. The lowest BCUT2D eigenvalue weighted by Gasteiger charge is -2.32. The van der Waals surface area contributed by atoms with Crippen LogP contribution in [0.1, 0.15) is 79.5 Å². The van der Waals surface area contributed by atoms with Crippen molar-refractivity contribution in [2.24, 2.45) is 5.41 Å². The van der Waals surface area contributed by atoms with Crippen LogP contribution in [0.15, 0.2) is 12.3 Å². The molecule has 1 amide bonds. The SMILES string of the molecule is CCCc1nccc(N(C(=O)CC(C)(C)CC)C(C)CCC)n1. The molecule has 1 aromatic heterocycles. The molecule has 4 nitrogen and oxygen atoms in total. The summed E-state index contributed by atoms with van der Waals surface area (Å²) < 4.78 is 0. The Bertz CT molecular complexity index is 499. The number of aryl methyl sites for hydroxylation is 1. The summed E-state index contributed by atoms with van der Waals surface area (Å²) in [5, 5.41) is 0. The maximum absolute atomic E-state index is 13.0. The second-order valence-corrected chi connectivity index (χ2v) is 7.18. The average Bonchev–Trinajstić information content (AvgIpc) is 2.48. The minimum atomic E-state index is 0.0144. The fraction of sp³-hybridized carbons (Fsp3) is 0.737. The summed E-state index contributed by atoms with van der Waals surface area (Å²) in [5.41, 5.74) is 0.0144. The number of anilines is 1. The summed E-state index contributed by atoms with van der Waals surface area (Å²) in [6.45, 7) is 12.8. The molecule has 0 aliphatic rings. The standard InChI is InChI=1S/C19H33N3O/c1-7-10-15(4)22(18(23)14-19(5,6)9-3)17-12-13-20-16(21-17)11-8-2/h12-13,15H,7-11,14H2,1-6H3. The molecule has 1 unspecified atom stereocenters. The number of carbonyl (C=O) groups is 1. The number of nitrogens with zero attached hydrogens (tertiary/aromatic N) is 3. The van der Waals surface area contributed by atoms with E-state index in [2.05, 4.69) is 51.5 Å². The van der Waals surface area contributed by atoms with Crippen LogP contribution in [0, 0.1) is 5.41 Å². The first-order valence-electron chi connectivity index (χ1n) is 8.98. The second kappa shape index (κ2) is 8.99. The number of hydrogen-bond acceptors (Lipinski definition) is 3. The summed E-state index contributed by atoms with van der Waals surface area (Å²) in [6, 6.07) is 2.02. The molecule has 1 aromatic rings. The summed E-state index contributed by atoms with van der Waals surface area (Å²) in [7, 11) is 0. The molecule has 130 valence electrons. The van der Waals surface area contributed by atoms with Crippen LogP contribution in [-0.2, 0) is 11.2 Å². The topological polar surface area (TPSA) is 46.1 Å². The fourth-order valence-corrected chi connectivity index (χ4v) is 2.63. The van der Waals surface area contributed by atoms with Crippen molar-refractivity contribution in [2.45, 2.75) is 86.1 Å². The van der Waals surface area contributed by atoms with Crippen molar-refractivity contribution in [3.05, 3.63) is 18.1 Å². The molecule has 4 heteroatoms. The van der Waals surface area contributed by atoms with Crippen molar-refractivity contribution < 1.29 is 4.79 Å². The van der Waals surface area contributed by atoms with Crippen molar-refractivity contribution in [2.75, 3.05) is 4.90 Å². The molecule has 0 radical (unpaired) electrons. The minimum absolute atomic E-state index is 0.0144. The van der Waals surface area contributed by atoms with Gasteiger partial charge in [0.25, 0.3) is 0 Å². The van der Waals surface area contributed by atoms with Gasteiger partial charge >= 0.3 is 0 Å². The van der Waals surface area contributed by atoms with Crippen LogP contribution in [0.2, 0.25) is 0 Å². The van der Waals surface area contributed by atoms with E-state index in [4.69, 9.17) is 0 Å². The van der Waals surface area contributed by atoms with Crippen LogP contribution in [0.3, 0.4) is 0 Å². The lowest BCUT2D eigenvalue weighted by atomic mass is 9.86. The number of amides is 1. The molecule has 0 aromatic carbocycles. The van der Waals surface area contributed by atoms with Crippen molar-refractivity contribution in [3.63, 3.8) is 0 Å². The molecule has 1 heterocycles. The molecular formula is C19H33N3O. The van der Waals surface area contributed by atoms with Gasteiger partial charge in [0.05, 0.1) is 0 Å². The molecule has 0 spiro atoms. The Labute approximate surface area is 141 Å². The van der Waals surface area contributed by atoms with Gasteiger partial charge in [-0.25, -0.2) is 9.97 Å². The molecule has 23 heavy (non-hydrogen) atoms. The number of carbonyl (C=O) groups excluding carboxylic acids is 1. The van der Waals surface area contributed by atoms with E-state index in [1.165, 1.54) is 0 Å². The van der Waals surface area contributed by atoms with Gasteiger partial charge in [-0.3, -0.25) is 9.69 Å². The molecule has 1 atom stereocenters. The zero-order valence-electron chi connectivity index (χ0n) is 15.7. The van der Waals surface area contributed by atoms with Crippen molar-refractivity contribution in [3.8, 4) is 0 Å². The van der Waals surface area contributed by atoms with Crippen LogP contribution in [0.5, 0.6) is 0 Å². The lowest BCUT2D eigenvalue weighted by molar-refractivity contribution is -0.121. The van der Waals surface area contributed by atoms with Gasteiger partial charge in [-0.05, 0) is 31.2 Å². The fourth-order valence-electron chi connectivity index (χ4n) is 2.63. The van der Waals surface area contributed by atoms with E-state index in [1.54, 1.807) is 6.20 Å². The Morgan fingerprint density at radius 1 is 1.26 bits per heavy atom. The first kappa shape index (κ1) is 19.6. The van der Waals surface area contributed by atoms with E-state index in [9.17, 15) is 4.79 Å². The largest absolute Gasteiger partial charge is 0.294 e. The van der Waals surface area contributed by atoms with Crippen molar-refractivity contribution >= 4 is 11.7 Å². The van der Waals surface area contributed by atoms with Gasteiger partial charge in [-0.2, -0.15) is 0 Å². The highest BCUT2D eigenvalue weighted by atomic mass is 16.2. The molecular weight excluding hydrogens is 286 g/mol. The third kappa shape index (κ3) is 5.92. The second-order valence-electron chi connectivity index (χ2n) is 7.18. The van der Waals surface area contributed by atoms with Gasteiger partial charge in [-0.15, -0.1) is 0 Å². The summed E-state index contributed by atoms with van der Waals surface area (Å²) in [6.07, 6.45) is 7.19. The quantitative estimate of drug-likeness (QED) is 0.658. The Morgan fingerprint density at radius 3 is 2.52 bits per heavy atom. The minimum Gasteiger partial charge on any atom is -0.294 e. The molecule has 0 saturated heterocycles. The molecule has 0 fully saturated rings. The highest BCUT2D eigenvalue weighted by Gasteiger charge is 2.28. The number of hydrogen-bond donors (Lipinski definition) is 0. The molecule has 0 aliphatic heterocycles. The third-order valence-corrected chi connectivity index (χ3v) is 4.41. The Balaban J connectivity index is 3.09. The van der Waals surface area contributed by atoms with E-state index in [0.717, 1.165) is 43.7 Å². The van der Waals surface area contributed by atoms with Crippen LogP contribution >= 0.6 is 0 Å². The maximum atomic E-state index is 13.0. The van der Waals surface area contributed by atoms with Gasteiger partial charge in [-0.1, -0.05) is 47.5 Å². The smallest absolute Gasteiger partial charge is 0.228 e. The Kier molecular flexibility index (Phi) is 7.66. The predicted molar refractivity (Wildman–Crippen MR) is 96.6 cm³/mol. The van der Waals surface area contributed by atoms with Crippen LogP contribution in [0.4, 0.5) is 5.82 Å². The summed E-state index contributed by atoms with van der Waals surface area (Å²) >= 11 is 0. The molecule has 0 aliphatic carbocycles. The Hall–Kier alpha value is -1.45. The van der Waals surface area contributed by atoms with Gasteiger partial charge < -0.3 is 0 Å². The zero-order valence-corrected chi connectivity index (χ0v) is 15.7. The van der Waals surface area contributed by atoms with E-state index in [0.29, 0.717) is 6.42 Å². The third-order valence-electron chi connectivity index (χ3n) is 4.41. The van der Waals surface area contributed by atoms with Gasteiger partial charge in [0, 0.05) is 25.1 Å². The monoisotopic (exact) mass is 319 g/mol. The number of aromatic nitrogens is 2. The normalized spacial score (nSPS) is 13.0. The van der Waals surface area contributed by atoms with Crippen molar-refractivity contribution in [1.29, 1.82) is 0 Å². The maximum Gasteiger partial charge on any atom is 0.228 e. The van der Waals surface area contributed by atoms with Crippen LogP contribution in [-0.4, -0.2) is 21.9 Å². The average molecular weight is 319 g/mol.